The van der Waals surface area contributed by atoms with Gasteiger partial charge in [0.05, 0.1) is 17.8 Å². The maximum atomic E-state index is 11.7. The van der Waals surface area contributed by atoms with E-state index >= 15 is 0 Å². The van der Waals surface area contributed by atoms with E-state index in [0.717, 1.165) is 10.9 Å². The van der Waals surface area contributed by atoms with Gasteiger partial charge >= 0.3 is 5.97 Å². The molecule has 7 nitrogen and oxygen atoms in total. The summed E-state index contributed by atoms with van der Waals surface area (Å²) in [5.74, 6) is -1.52. The first kappa shape index (κ1) is 19.1. The summed E-state index contributed by atoms with van der Waals surface area (Å²) < 4.78 is 4.83. The number of hydrogen-bond acceptors (Lipinski definition) is 5. The number of para-hydroxylation sites is 1. The second-order valence-electron chi connectivity index (χ2n) is 5.87. The number of benzene rings is 1. The summed E-state index contributed by atoms with van der Waals surface area (Å²) in [4.78, 5) is 39.0. The van der Waals surface area contributed by atoms with E-state index in [-0.39, 0.29) is 18.5 Å². The van der Waals surface area contributed by atoms with Crippen molar-refractivity contribution in [3.8, 4) is 0 Å². The zero-order valence-electron chi connectivity index (χ0n) is 14.7. The first-order chi connectivity index (χ1) is 12.4. The van der Waals surface area contributed by atoms with E-state index in [2.05, 4.69) is 15.6 Å². The number of esters is 1. The van der Waals surface area contributed by atoms with Gasteiger partial charge in [-0.3, -0.25) is 9.59 Å². The third-order valence-electron chi connectivity index (χ3n) is 3.25. The molecule has 0 bridgehead atoms. The quantitative estimate of drug-likeness (QED) is 0.578. The van der Waals surface area contributed by atoms with Crippen molar-refractivity contribution in [2.75, 3.05) is 13.2 Å². The molecule has 0 saturated carbocycles. The Morgan fingerprint density at radius 2 is 1.88 bits per heavy atom. The summed E-state index contributed by atoms with van der Waals surface area (Å²) in [7, 11) is 0. The largest absolute Gasteiger partial charge is 0.452 e. The van der Waals surface area contributed by atoms with Crippen molar-refractivity contribution in [1.29, 1.82) is 0 Å². The highest BCUT2D eigenvalue weighted by Crippen LogP contribution is 2.12. The first-order valence-electron chi connectivity index (χ1n) is 8.21. The lowest BCUT2D eigenvalue weighted by Gasteiger charge is -2.09. The molecular weight excluding hydrogens is 334 g/mol. The maximum absolute atomic E-state index is 11.7. The van der Waals surface area contributed by atoms with Crippen LogP contribution in [0, 0.1) is 0 Å². The van der Waals surface area contributed by atoms with Gasteiger partial charge in [-0.05, 0) is 32.1 Å². The summed E-state index contributed by atoms with van der Waals surface area (Å²) in [5.41, 5.74) is 1.43. The predicted octanol–water partition coefficient (Wildman–Crippen LogP) is 1.43. The molecule has 0 fully saturated rings. The third-order valence-corrected chi connectivity index (χ3v) is 3.25. The fourth-order valence-electron chi connectivity index (χ4n) is 2.12. The molecule has 0 aliphatic carbocycles. The molecule has 0 saturated heterocycles. The Hall–Kier alpha value is -3.22. The number of amides is 2. The van der Waals surface area contributed by atoms with Crippen molar-refractivity contribution in [3.05, 3.63) is 48.2 Å². The Morgan fingerprint density at radius 3 is 2.65 bits per heavy atom. The number of aromatic nitrogens is 1. The highest BCUT2D eigenvalue weighted by atomic mass is 16.5. The highest BCUT2D eigenvalue weighted by molar-refractivity contribution is 5.90. The normalized spacial score (nSPS) is 10.9. The summed E-state index contributed by atoms with van der Waals surface area (Å²) in [6.45, 7) is 3.02. The van der Waals surface area contributed by atoms with Crippen LogP contribution in [-0.4, -0.2) is 42.0 Å². The zero-order chi connectivity index (χ0) is 18.9. The smallest absolute Gasteiger partial charge is 0.331 e. The van der Waals surface area contributed by atoms with Gasteiger partial charge in [0.15, 0.2) is 6.61 Å². The van der Waals surface area contributed by atoms with Gasteiger partial charge in [-0.2, -0.15) is 0 Å². The molecule has 0 unspecified atom stereocenters. The molecule has 0 spiro atoms. The van der Waals surface area contributed by atoms with Crippen LogP contribution in [-0.2, 0) is 19.1 Å². The van der Waals surface area contributed by atoms with E-state index in [1.807, 2.05) is 44.2 Å². The number of nitrogens with zero attached hydrogens (tertiary/aromatic N) is 1. The topological polar surface area (TPSA) is 97.4 Å². The van der Waals surface area contributed by atoms with E-state index < -0.39 is 18.5 Å². The van der Waals surface area contributed by atoms with Gasteiger partial charge in [-0.25, -0.2) is 9.78 Å². The molecule has 1 aromatic heterocycles. The van der Waals surface area contributed by atoms with Crippen molar-refractivity contribution in [1.82, 2.24) is 15.6 Å². The minimum absolute atomic E-state index is 0.00826. The molecule has 2 N–H and O–H groups in total. The van der Waals surface area contributed by atoms with Crippen LogP contribution in [0.15, 0.2) is 42.5 Å². The van der Waals surface area contributed by atoms with Gasteiger partial charge in [0.1, 0.15) is 0 Å². The minimum atomic E-state index is -0.665. The number of rotatable bonds is 7. The third kappa shape index (κ3) is 6.35. The second kappa shape index (κ2) is 9.31. The number of carbonyl (C=O) groups is 3. The van der Waals surface area contributed by atoms with Gasteiger partial charge in [-0.1, -0.05) is 24.3 Å². The number of ether oxygens (including phenoxy) is 1. The predicted molar refractivity (Wildman–Crippen MR) is 98.0 cm³/mol. The number of pyridine rings is 1. The Balaban J connectivity index is 1.77. The lowest BCUT2D eigenvalue weighted by Crippen LogP contribution is -2.41. The average molecular weight is 355 g/mol. The second-order valence-corrected chi connectivity index (χ2v) is 5.87. The fraction of sp³-hybridized carbons (Fsp3) is 0.263. The Bertz CT molecular complexity index is 830. The monoisotopic (exact) mass is 355 g/mol. The Morgan fingerprint density at radius 1 is 1.12 bits per heavy atom. The van der Waals surface area contributed by atoms with Crippen LogP contribution in [0.4, 0.5) is 0 Å². The number of carbonyl (C=O) groups excluding carboxylic acids is 3. The number of hydrogen-bond donors (Lipinski definition) is 2. The van der Waals surface area contributed by atoms with Crippen LogP contribution >= 0.6 is 0 Å². The van der Waals surface area contributed by atoms with Gasteiger partial charge in [0.25, 0.3) is 5.91 Å². The van der Waals surface area contributed by atoms with Crippen molar-refractivity contribution in [3.63, 3.8) is 0 Å². The summed E-state index contributed by atoms with van der Waals surface area (Å²) in [6.07, 6.45) is 2.72. The molecule has 136 valence electrons. The van der Waals surface area contributed by atoms with Crippen LogP contribution in [0.2, 0.25) is 0 Å². The molecule has 2 aromatic rings. The van der Waals surface area contributed by atoms with Gasteiger partial charge < -0.3 is 15.4 Å². The van der Waals surface area contributed by atoms with Crippen LogP contribution in [0.1, 0.15) is 19.5 Å². The van der Waals surface area contributed by atoms with Gasteiger partial charge in [-0.15, -0.1) is 0 Å². The van der Waals surface area contributed by atoms with Gasteiger partial charge in [0, 0.05) is 17.5 Å². The number of nitrogens with one attached hydrogen (secondary N) is 2. The average Bonchev–Trinajstić information content (AvgIpc) is 2.62. The molecule has 0 atom stereocenters. The molecule has 2 amide bonds. The van der Waals surface area contributed by atoms with Crippen LogP contribution < -0.4 is 10.6 Å². The van der Waals surface area contributed by atoms with E-state index in [1.54, 1.807) is 6.07 Å². The molecule has 2 rings (SSSR count). The Kier molecular flexibility index (Phi) is 6.84. The van der Waals surface area contributed by atoms with E-state index in [1.165, 1.54) is 12.2 Å². The van der Waals surface area contributed by atoms with E-state index in [0.29, 0.717) is 5.69 Å². The molecule has 0 aliphatic heterocycles. The minimum Gasteiger partial charge on any atom is -0.452 e. The SMILES string of the molecule is CC(C)NC(=O)CNC(=O)COC(=O)/C=C/c1ccc2ccccc2n1. The highest BCUT2D eigenvalue weighted by Gasteiger charge is 2.08. The Labute approximate surface area is 151 Å². The molecule has 1 heterocycles. The van der Waals surface area contributed by atoms with Crippen LogP contribution in [0.3, 0.4) is 0 Å². The molecule has 26 heavy (non-hydrogen) atoms. The van der Waals surface area contributed by atoms with Crippen molar-refractivity contribution in [2.24, 2.45) is 0 Å². The molecule has 0 radical (unpaired) electrons. The molecular formula is C19H21N3O4. The maximum Gasteiger partial charge on any atom is 0.331 e. The van der Waals surface area contributed by atoms with Crippen LogP contribution in [0.25, 0.3) is 17.0 Å². The molecule has 7 heteroatoms. The zero-order valence-corrected chi connectivity index (χ0v) is 14.7. The summed E-state index contributed by atoms with van der Waals surface area (Å²) in [6, 6.07) is 11.3. The van der Waals surface area contributed by atoms with Crippen molar-refractivity contribution >= 4 is 34.8 Å². The standard InChI is InChI=1S/C19H21N3O4/c1-13(2)21-17(23)11-20-18(24)12-26-19(25)10-9-15-8-7-14-5-3-4-6-16(14)22-15/h3-10,13H,11-12H2,1-2H3,(H,20,24)(H,21,23)/b10-9+. The fourth-order valence-corrected chi connectivity index (χ4v) is 2.12. The number of fused-ring (bicyclic) bond motifs is 1. The van der Waals surface area contributed by atoms with Crippen molar-refractivity contribution < 1.29 is 19.1 Å². The summed E-state index contributed by atoms with van der Waals surface area (Å²) in [5, 5.41) is 6.01. The van der Waals surface area contributed by atoms with E-state index in [4.69, 9.17) is 4.74 Å². The van der Waals surface area contributed by atoms with Gasteiger partial charge in [0.2, 0.25) is 5.91 Å². The van der Waals surface area contributed by atoms with Crippen LogP contribution in [0.5, 0.6) is 0 Å². The van der Waals surface area contributed by atoms with E-state index in [9.17, 15) is 14.4 Å². The van der Waals surface area contributed by atoms with Crippen molar-refractivity contribution in [2.45, 2.75) is 19.9 Å². The lowest BCUT2D eigenvalue weighted by atomic mass is 10.2. The first-order valence-corrected chi connectivity index (χ1v) is 8.21. The summed E-state index contributed by atoms with van der Waals surface area (Å²) >= 11 is 0. The molecule has 1 aromatic carbocycles. The lowest BCUT2D eigenvalue weighted by molar-refractivity contribution is -0.143. The molecule has 0 aliphatic rings.